The third-order valence-electron chi connectivity index (χ3n) is 5.11. The van der Waals surface area contributed by atoms with Crippen molar-refractivity contribution in [1.29, 1.82) is 0 Å². The van der Waals surface area contributed by atoms with Gasteiger partial charge in [-0.15, -0.1) is 12.4 Å². The van der Waals surface area contributed by atoms with Gasteiger partial charge < -0.3 is 15.5 Å². The number of hydrogen-bond donors (Lipinski definition) is 1. The fourth-order valence-electron chi connectivity index (χ4n) is 3.63. The van der Waals surface area contributed by atoms with Crippen LogP contribution >= 0.6 is 12.4 Å². The van der Waals surface area contributed by atoms with Crippen LogP contribution in [0.2, 0.25) is 0 Å². The van der Waals surface area contributed by atoms with E-state index in [0.29, 0.717) is 19.1 Å². The Hall–Kier alpha value is -0.810. The van der Waals surface area contributed by atoms with Gasteiger partial charge in [0.25, 0.3) is 0 Å². The van der Waals surface area contributed by atoms with Crippen LogP contribution in [0.1, 0.15) is 45.4 Å². The fourth-order valence-corrected chi connectivity index (χ4v) is 3.63. The molecule has 0 aromatic rings. The van der Waals surface area contributed by atoms with Gasteiger partial charge in [0.1, 0.15) is 0 Å². The first-order chi connectivity index (χ1) is 9.49. The van der Waals surface area contributed by atoms with Gasteiger partial charge in [0.15, 0.2) is 0 Å². The third-order valence-corrected chi connectivity index (χ3v) is 5.11. The molecule has 21 heavy (non-hydrogen) atoms. The Balaban J connectivity index is 0.00000161. The van der Waals surface area contributed by atoms with Crippen molar-refractivity contribution in [3.8, 4) is 0 Å². The lowest BCUT2D eigenvalue weighted by atomic mass is 9.74. The average molecular weight is 316 g/mol. The Morgan fingerprint density at radius 1 is 1.24 bits per heavy atom. The highest BCUT2D eigenvalue weighted by Crippen LogP contribution is 2.34. The summed E-state index contributed by atoms with van der Waals surface area (Å²) in [4.78, 5) is 28.5. The molecule has 2 N–H and O–H groups in total. The molecule has 2 atom stereocenters. The van der Waals surface area contributed by atoms with Crippen LogP contribution in [0.4, 0.5) is 0 Å². The number of amides is 2. The SMILES string of the molecule is CC1(N)CCCCC1C(=O)N1CCN(C2CC2)C(=O)C1.Cl. The van der Waals surface area contributed by atoms with Crippen LogP contribution in [0.15, 0.2) is 0 Å². The van der Waals surface area contributed by atoms with Crippen LogP contribution in [-0.2, 0) is 9.59 Å². The van der Waals surface area contributed by atoms with Crippen molar-refractivity contribution < 1.29 is 9.59 Å². The number of halogens is 1. The summed E-state index contributed by atoms with van der Waals surface area (Å²) in [5.41, 5.74) is 5.90. The minimum absolute atomic E-state index is 0. The number of hydrogen-bond acceptors (Lipinski definition) is 3. The molecular weight excluding hydrogens is 290 g/mol. The summed E-state index contributed by atoms with van der Waals surface area (Å²) in [6, 6.07) is 0.453. The molecule has 2 amide bonds. The molecule has 0 bridgehead atoms. The van der Waals surface area contributed by atoms with E-state index in [4.69, 9.17) is 5.73 Å². The predicted octanol–water partition coefficient (Wildman–Crippen LogP) is 1.15. The Bertz CT molecular complexity index is 423. The second-order valence-electron chi connectivity index (χ2n) is 6.88. The van der Waals surface area contributed by atoms with Crippen LogP contribution in [-0.4, -0.2) is 52.8 Å². The summed E-state index contributed by atoms with van der Waals surface area (Å²) in [7, 11) is 0. The van der Waals surface area contributed by atoms with Gasteiger partial charge in [-0.3, -0.25) is 9.59 Å². The molecule has 2 unspecified atom stereocenters. The highest BCUT2D eigenvalue weighted by molar-refractivity contribution is 5.88. The van der Waals surface area contributed by atoms with Gasteiger partial charge in [-0.1, -0.05) is 12.8 Å². The largest absolute Gasteiger partial charge is 0.336 e. The van der Waals surface area contributed by atoms with Crippen molar-refractivity contribution in [2.45, 2.75) is 57.0 Å². The molecule has 120 valence electrons. The lowest BCUT2D eigenvalue weighted by molar-refractivity contribution is -0.150. The molecule has 0 radical (unpaired) electrons. The minimum Gasteiger partial charge on any atom is -0.336 e. The molecule has 3 rings (SSSR count). The first-order valence-corrected chi connectivity index (χ1v) is 7.86. The summed E-state index contributed by atoms with van der Waals surface area (Å²) < 4.78 is 0. The number of nitrogens with two attached hydrogens (primary N) is 1. The molecule has 0 spiro atoms. The molecule has 0 aromatic heterocycles. The van der Waals surface area contributed by atoms with E-state index in [0.717, 1.165) is 38.5 Å². The van der Waals surface area contributed by atoms with E-state index in [9.17, 15) is 9.59 Å². The van der Waals surface area contributed by atoms with E-state index in [1.807, 2.05) is 11.8 Å². The van der Waals surface area contributed by atoms with Crippen LogP contribution in [0.5, 0.6) is 0 Å². The molecule has 0 aromatic carbocycles. The lowest BCUT2D eigenvalue weighted by Gasteiger charge is -2.42. The zero-order chi connectivity index (χ0) is 14.3. The molecule has 5 nitrogen and oxygen atoms in total. The number of carbonyl (C=O) groups excluding carboxylic acids is 2. The van der Waals surface area contributed by atoms with Gasteiger partial charge >= 0.3 is 0 Å². The van der Waals surface area contributed by atoms with Gasteiger partial charge in [0, 0.05) is 24.7 Å². The monoisotopic (exact) mass is 315 g/mol. The van der Waals surface area contributed by atoms with E-state index in [2.05, 4.69) is 0 Å². The Morgan fingerprint density at radius 2 is 1.95 bits per heavy atom. The first kappa shape index (κ1) is 16.6. The highest BCUT2D eigenvalue weighted by atomic mass is 35.5. The van der Waals surface area contributed by atoms with Crippen LogP contribution in [0.25, 0.3) is 0 Å². The summed E-state index contributed by atoms with van der Waals surface area (Å²) in [5, 5.41) is 0. The second-order valence-corrected chi connectivity index (χ2v) is 6.88. The highest BCUT2D eigenvalue weighted by Gasteiger charge is 2.42. The summed E-state index contributed by atoms with van der Waals surface area (Å²) >= 11 is 0. The summed E-state index contributed by atoms with van der Waals surface area (Å²) in [5.74, 6) is 0.0941. The summed E-state index contributed by atoms with van der Waals surface area (Å²) in [6.45, 7) is 3.61. The normalized spacial score (nSPS) is 33.6. The van der Waals surface area contributed by atoms with E-state index in [1.165, 1.54) is 0 Å². The zero-order valence-electron chi connectivity index (χ0n) is 12.7. The van der Waals surface area contributed by atoms with Crippen molar-refractivity contribution in [2.75, 3.05) is 19.6 Å². The molecule has 3 aliphatic rings. The number of carbonyl (C=O) groups is 2. The average Bonchev–Trinajstić information content (AvgIpc) is 3.21. The topological polar surface area (TPSA) is 66.6 Å². The maximum Gasteiger partial charge on any atom is 0.242 e. The minimum atomic E-state index is -0.411. The van der Waals surface area contributed by atoms with E-state index in [1.54, 1.807) is 4.90 Å². The van der Waals surface area contributed by atoms with Crippen molar-refractivity contribution in [2.24, 2.45) is 11.7 Å². The maximum atomic E-state index is 12.7. The molecule has 2 saturated carbocycles. The predicted molar refractivity (Wildman–Crippen MR) is 83.1 cm³/mol. The fraction of sp³-hybridized carbons (Fsp3) is 0.867. The van der Waals surface area contributed by atoms with E-state index >= 15 is 0 Å². The van der Waals surface area contributed by atoms with Gasteiger partial charge in [-0.25, -0.2) is 0 Å². The number of rotatable bonds is 2. The molecule has 1 saturated heterocycles. The van der Waals surface area contributed by atoms with Crippen LogP contribution < -0.4 is 5.73 Å². The Kier molecular flexibility index (Phi) is 4.83. The number of piperazine rings is 1. The summed E-state index contributed by atoms with van der Waals surface area (Å²) in [6.07, 6.45) is 6.19. The van der Waals surface area contributed by atoms with Crippen molar-refractivity contribution in [1.82, 2.24) is 9.80 Å². The molecular formula is C15H26ClN3O2. The van der Waals surface area contributed by atoms with Crippen molar-refractivity contribution >= 4 is 24.2 Å². The molecule has 1 heterocycles. The van der Waals surface area contributed by atoms with Crippen molar-refractivity contribution in [3.05, 3.63) is 0 Å². The lowest BCUT2D eigenvalue weighted by Crippen LogP contribution is -2.58. The zero-order valence-corrected chi connectivity index (χ0v) is 13.5. The van der Waals surface area contributed by atoms with Gasteiger partial charge in [-0.05, 0) is 32.6 Å². The van der Waals surface area contributed by atoms with Crippen LogP contribution in [0.3, 0.4) is 0 Å². The molecule has 1 aliphatic heterocycles. The molecule has 6 heteroatoms. The van der Waals surface area contributed by atoms with E-state index < -0.39 is 5.54 Å². The third kappa shape index (κ3) is 3.34. The molecule has 2 aliphatic carbocycles. The number of nitrogens with zero attached hydrogens (tertiary/aromatic N) is 2. The second kappa shape index (κ2) is 6.13. The smallest absolute Gasteiger partial charge is 0.242 e. The van der Waals surface area contributed by atoms with Crippen LogP contribution in [0, 0.1) is 5.92 Å². The van der Waals surface area contributed by atoms with E-state index in [-0.39, 0.29) is 36.7 Å². The van der Waals surface area contributed by atoms with Crippen molar-refractivity contribution in [3.63, 3.8) is 0 Å². The standard InChI is InChI=1S/C15H25N3O2.ClH/c1-15(16)7-3-2-4-12(15)14(20)17-8-9-18(11-5-6-11)13(19)10-17;/h11-12H,2-10,16H2,1H3;1H. The Morgan fingerprint density at radius 3 is 2.52 bits per heavy atom. The first-order valence-electron chi connectivity index (χ1n) is 7.86. The Labute approximate surface area is 132 Å². The van der Waals surface area contributed by atoms with Gasteiger partial charge in [0.05, 0.1) is 12.5 Å². The van der Waals surface area contributed by atoms with Gasteiger partial charge in [0.2, 0.25) is 11.8 Å². The maximum absolute atomic E-state index is 12.7. The molecule has 3 fully saturated rings. The van der Waals surface area contributed by atoms with Gasteiger partial charge in [-0.2, -0.15) is 0 Å². The quantitative estimate of drug-likeness (QED) is 0.831.